The minimum atomic E-state index is 0.0335. The highest BCUT2D eigenvalue weighted by molar-refractivity contribution is 9.08. The standard InChI is InChI=1S/C10H11BrO.C10H12O2.C8H11NO/c2*1-8(12)5-9-3-2-4-10(6-9)7-11;9-5-7-2-1-3-8(4-7)6-10/h2-4,6H,5,7H2,1H3;2-4,6,11H,5,7H2,1H3;1-4,10H,5-6,9H2. The van der Waals surface area contributed by atoms with E-state index in [0.29, 0.717) is 19.4 Å². The van der Waals surface area contributed by atoms with Crippen molar-refractivity contribution in [3.63, 3.8) is 0 Å². The summed E-state index contributed by atoms with van der Waals surface area (Å²) in [5.41, 5.74) is 11.5. The van der Waals surface area contributed by atoms with Gasteiger partial charge in [-0.25, -0.2) is 0 Å². The SMILES string of the molecule is CC(=O)Cc1cccc(CBr)c1.CC(=O)Cc1cccc(CO)c1.NCc1cccc(CO)c1. The summed E-state index contributed by atoms with van der Waals surface area (Å²) in [6.07, 6.45) is 0.995. The minimum Gasteiger partial charge on any atom is -0.392 e. The number of carbonyl (C=O) groups excluding carboxylic acids is 2. The summed E-state index contributed by atoms with van der Waals surface area (Å²) in [5.74, 6) is 0.354. The van der Waals surface area contributed by atoms with Crippen molar-refractivity contribution in [2.75, 3.05) is 0 Å². The van der Waals surface area contributed by atoms with Crippen LogP contribution in [0.1, 0.15) is 47.2 Å². The molecule has 3 aromatic rings. The zero-order valence-electron chi connectivity index (χ0n) is 19.8. The Morgan fingerprint density at radius 3 is 1.41 bits per heavy atom. The maximum atomic E-state index is 10.8. The average molecular weight is 528 g/mol. The number of aliphatic hydroxyl groups excluding tert-OH is 2. The van der Waals surface area contributed by atoms with Crippen molar-refractivity contribution in [1.29, 1.82) is 0 Å². The van der Waals surface area contributed by atoms with Gasteiger partial charge in [0.05, 0.1) is 13.2 Å². The molecule has 0 saturated carbocycles. The highest BCUT2D eigenvalue weighted by atomic mass is 79.9. The van der Waals surface area contributed by atoms with E-state index in [2.05, 4.69) is 22.0 Å². The van der Waals surface area contributed by atoms with Gasteiger partial charge in [-0.2, -0.15) is 0 Å². The Labute approximate surface area is 210 Å². The summed E-state index contributed by atoms with van der Waals surface area (Å²) < 4.78 is 0. The van der Waals surface area contributed by atoms with Crippen LogP contribution in [-0.2, 0) is 47.5 Å². The normalized spacial score (nSPS) is 9.82. The first-order chi connectivity index (χ1) is 16.3. The van der Waals surface area contributed by atoms with Gasteiger partial charge in [0.15, 0.2) is 0 Å². The van der Waals surface area contributed by atoms with Crippen LogP contribution in [0.3, 0.4) is 0 Å². The third-order valence-corrected chi connectivity index (χ3v) is 5.28. The number of carbonyl (C=O) groups is 2. The number of hydrogen-bond donors (Lipinski definition) is 3. The number of alkyl halides is 1. The van der Waals surface area contributed by atoms with Crippen LogP contribution in [0, 0.1) is 0 Å². The Morgan fingerprint density at radius 1 is 0.676 bits per heavy atom. The second-order valence-electron chi connectivity index (χ2n) is 7.87. The highest BCUT2D eigenvalue weighted by Gasteiger charge is 1.98. The molecule has 34 heavy (non-hydrogen) atoms. The van der Waals surface area contributed by atoms with Crippen molar-refractivity contribution in [2.24, 2.45) is 5.73 Å². The van der Waals surface area contributed by atoms with Crippen LogP contribution in [0.15, 0.2) is 72.8 Å². The van der Waals surface area contributed by atoms with E-state index in [1.54, 1.807) is 13.8 Å². The third kappa shape index (κ3) is 12.6. The molecule has 182 valence electrons. The summed E-state index contributed by atoms with van der Waals surface area (Å²) in [6.45, 7) is 3.83. The molecule has 0 aliphatic carbocycles. The lowest BCUT2D eigenvalue weighted by atomic mass is 10.1. The predicted molar refractivity (Wildman–Crippen MR) is 140 cm³/mol. The van der Waals surface area contributed by atoms with Crippen molar-refractivity contribution in [3.05, 3.63) is 106 Å². The van der Waals surface area contributed by atoms with E-state index in [1.807, 2.05) is 66.7 Å². The molecular formula is C28H34BrNO4. The molecule has 0 aliphatic rings. The van der Waals surface area contributed by atoms with Crippen LogP contribution >= 0.6 is 15.9 Å². The predicted octanol–water partition coefficient (Wildman–Crippen LogP) is 4.66. The first-order valence-corrected chi connectivity index (χ1v) is 12.1. The topological polar surface area (TPSA) is 101 Å². The van der Waals surface area contributed by atoms with E-state index < -0.39 is 0 Å². The number of aliphatic hydroxyl groups is 2. The second kappa shape index (κ2) is 16.9. The number of halogens is 1. The van der Waals surface area contributed by atoms with Crippen LogP contribution < -0.4 is 5.73 Å². The summed E-state index contributed by atoms with van der Waals surface area (Å²) in [4.78, 5) is 21.6. The molecule has 0 spiro atoms. The Bertz CT molecular complexity index is 957. The van der Waals surface area contributed by atoms with Gasteiger partial charge in [0.1, 0.15) is 11.6 Å². The number of ketones is 2. The van der Waals surface area contributed by atoms with Crippen molar-refractivity contribution < 1.29 is 19.8 Å². The lowest BCUT2D eigenvalue weighted by Gasteiger charge is -1.99. The van der Waals surface area contributed by atoms with Gasteiger partial charge in [0.25, 0.3) is 0 Å². The monoisotopic (exact) mass is 527 g/mol. The van der Waals surface area contributed by atoms with Gasteiger partial charge in [-0.3, -0.25) is 9.59 Å². The fraction of sp³-hybridized carbons (Fsp3) is 0.286. The van der Waals surface area contributed by atoms with Gasteiger partial charge in [-0.15, -0.1) is 0 Å². The Morgan fingerprint density at radius 2 is 1.03 bits per heavy atom. The summed E-state index contributed by atoms with van der Waals surface area (Å²) >= 11 is 3.37. The van der Waals surface area contributed by atoms with E-state index in [4.69, 9.17) is 15.9 Å². The molecule has 0 heterocycles. The Hall–Kier alpha value is -2.64. The molecule has 0 aliphatic heterocycles. The minimum absolute atomic E-state index is 0.0335. The van der Waals surface area contributed by atoms with Crippen LogP contribution in [0.25, 0.3) is 0 Å². The molecule has 0 radical (unpaired) electrons. The number of rotatable bonds is 8. The average Bonchev–Trinajstić information content (AvgIpc) is 2.84. The Balaban J connectivity index is 0.000000256. The molecule has 3 aromatic carbocycles. The van der Waals surface area contributed by atoms with Gasteiger partial charge >= 0.3 is 0 Å². The van der Waals surface area contributed by atoms with Gasteiger partial charge in [0, 0.05) is 24.7 Å². The highest BCUT2D eigenvalue weighted by Crippen LogP contribution is 2.09. The zero-order chi connectivity index (χ0) is 25.3. The fourth-order valence-electron chi connectivity index (χ4n) is 3.09. The molecule has 4 N–H and O–H groups in total. The van der Waals surface area contributed by atoms with Gasteiger partial charge in [0.2, 0.25) is 0 Å². The van der Waals surface area contributed by atoms with E-state index in [9.17, 15) is 9.59 Å². The van der Waals surface area contributed by atoms with Gasteiger partial charge in [-0.05, 0) is 47.2 Å². The van der Waals surface area contributed by atoms with Gasteiger partial charge < -0.3 is 15.9 Å². The molecule has 0 unspecified atom stereocenters. The molecule has 0 amide bonds. The summed E-state index contributed by atoms with van der Waals surface area (Å²) in [7, 11) is 0. The van der Waals surface area contributed by atoms with E-state index in [-0.39, 0.29) is 24.8 Å². The van der Waals surface area contributed by atoms with E-state index in [1.165, 1.54) is 5.56 Å². The maximum Gasteiger partial charge on any atom is 0.134 e. The van der Waals surface area contributed by atoms with E-state index in [0.717, 1.165) is 33.1 Å². The molecule has 0 aromatic heterocycles. The zero-order valence-corrected chi connectivity index (χ0v) is 21.4. The number of benzene rings is 3. The molecule has 0 saturated heterocycles. The van der Waals surface area contributed by atoms with E-state index >= 15 is 0 Å². The van der Waals surface area contributed by atoms with Crippen LogP contribution in [0.4, 0.5) is 0 Å². The van der Waals surface area contributed by atoms with Crippen molar-refractivity contribution in [3.8, 4) is 0 Å². The quantitative estimate of drug-likeness (QED) is 0.370. The van der Waals surface area contributed by atoms with Crippen LogP contribution in [-0.4, -0.2) is 21.8 Å². The number of nitrogens with two attached hydrogens (primary N) is 1. The molecule has 6 heteroatoms. The summed E-state index contributed by atoms with van der Waals surface area (Å²) in [5, 5.41) is 18.4. The molecule has 3 rings (SSSR count). The number of Topliss-reactive ketones (excluding diaryl/α,β-unsaturated/α-hetero) is 2. The lowest BCUT2D eigenvalue weighted by molar-refractivity contribution is -0.117. The first kappa shape index (κ1) is 29.4. The van der Waals surface area contributed by atoms with Crippen LogP contribution in [0.2, 0.25) is 0 Å². The van der Waals surface area contributed by atoms with Crippen molar-refractivity contribution in [2.45, 2.75) is 51.8 Å². The van der Waals surface area contributed by atoms with Gasteiger partial charge in [-0.1, -0.05) is 88.7 Å². The molecule has 0 bridgehead atoms. The fourth-order valence-corrected chi connectivity index (χ4v) is 3.44. The third-order valence-electron chi connectivity index (χ3n) is 4.64. The maximum absolute atomic E-state index is 10.8. The number of hydrogen-bond acceptors (Lipinski definition) is 5. The smallest absolute Gasteiger partial charge is 0.134 e. The lowest BCUT2D eigenvalue weighted by Crippen LogP contribution is -1.96. The molecular weight excluding hydrogens is 494 g/mol. The molecule has 5 nitrogen and oxygen atoms in total. The van der Waals surface area contributed by atoms with Crippen LogP contribution in [0.5, 0.6) is 0 Å². The molecule has 0 atom stereocenters. The summed E-state index contributed by atoms with van der Waals surface area (Å²) in [6, 6.07) is 23.1. The van der Waals surface area contributed by atoms with Crippen molar-refractivity contribution in [1.82, 2.24) is 0 Å². The van der Waals surface area contributed by atoms with Crippen molar-refractivity contribution >= 4 is 27.5 Å². The molecule has 0 fully saturated rings. The largest absolute Gasteiger partial charge is 0.392 e. The Kier molecular flexibility index (Phi) is 14.6. The second-order valence-corrected chi connectivity index (χ2v) is 8.43. The first-order valence-electron chi connectivity index (χ1n) is 11.0.